The molecule has 0 spiro atoms. The predicted molar refractivity (Wildman–Crippen MR) is 120 cm³/mol. The molecular formula is C22H22ClN5O3. The van der Waals surface area contributed by atoms with Gasteiger partial charge in [0.15, 0.2) is 11.2 Å². The van der Waals surface area contributed by atoms with Crippen molar-refractivity contribution in [3.63, 3.8) is 0 Å². The van der Waals surface area contributed by atoms with Crippen LogP contribution in [0.5, 0.6) is 0 Å². The van der Waals surface area contributed by atoms with E-state index in [9.17, 15) is 15.0 Å². The Balaban J connectivity index is 1.87. The molecule has 4 aromatic rings. The quantitative estimate of drug-likeness (QED) is 0.409. The van der Waals surface area contributed by atoms with E-state index in [0.717, 1.165) is 16.8 Å². The van der Waals surface area contributed by atoms with Gasteiger partial charge in [0.25, 0.3) is 0 Å². The maximum Gasteiger partial charge on any atom is 0.300 e. The molecule has 8 nitrogen and oxygen atoms in total. The summed E-state index contributed by atoms with van der Waals surface area (Å²) in [5.74, 6) is 0.333. The van der Waals surface area contributed by atoms with Crippen LogP contribution in [0.15, 0.2) is 59.7 Å². The summed E-state index contributed by atoms with van der Waals surface area (Å²) in [5, 5.41) is 22.8. The molecule has 1 unspecified atom stereocenters. The molecule has 2 aromatic carbocycles. The third-order valence-electron chi connectivity index (χ3n) is 5.06. The van der Waals surface area contributed by atoms with Crippen LogP contribution in [0.2, 0.25) is 5.02 Å². The second-order valence-electron chi connectivity index (χ2n) is 7.26. The lowest BCUT2D eigenvalue weighted by Gasteiger charge is -2.17. The first-order chi connectivity index (χ1) is 15.0. The Morgan fingerprint density at radius 1 is 1.16 bits per heavy atom. The molecule has 0 radical (unpaired) electrons. The van der Waals surface area contributed by atoms with Gasteiger partial charge in [-0.05, 0) is 30.2 Å². The van der Waals surface area contributed by atoms with Crippen molar-refractivity contribution in [2.45, 2.75) is 26.1 Å². The molecule has 0 bridgehead atoms. The van der Waals surface area contributed by atoms with Crippen LogP contribution >= 0.6 is 11.6 Å². The molecule has 4 rings (SSSR count). The van der Waals surface area contributed by atoms with Gasteiger partial charge in [-0.25, -0.2) is 4.98 Å². The maximum absolute atomic E-state index is 12.9. The number of aliphatic hydroxyl groups is 2. The van der Waals surface area contributed by atoms with Gasteiger partial charge in [-0.2, -0.15) is 4.98 Å². The average molecular weight is 440 g/mol. The normalized spacial score (nSPS) is 12.3. The molecule has 3 N–H and O–H groups in total. The lowest BCUT2D eigenvalue weighted by atomic mass is 10.2. The largest absolute Gasteiger partial charge is 0.394 e. The molecule has 0 saturated carbocycles. The van der Waals surface area contributed by atoms with Gasteiger partial charge in [-0.3, -0.25) is 9.36 Å². The predicted octanol–water partition coefficient (Wildman–Crippen LogP) is 2.70. The first kappa shape index (κ1) is 21.0. The van der Waals surface area contributed by atoms with Crippen LogP contribution in [0.25, 0.3) is 11.2 Å². The van der Waals surface area contributed by atoms with Crippen LogP contribution in [0.4, 0.5) is 11.6 Å². The Bertz CT molecular complexity index is 1270. The van der Waals surface area contributed by atoms with Crippen molar-refractivity contribution in [1.29, 1.82) is 0 Å². The highest BCUT2D eigenvalue weighted by atomic mass is 35.5. The van der Waals surface area contributed by atoms with Crippen LogP contribution in [-0.4, -0.2) is 42.0 Å². The van der Waals surface area contributed by atoms with E-state index >= 15 is 0 Å². The number of rotatable bonds is 7. The first-order valence-electron chi connectivity index (χ1n) is 9.78. The van der Waals surface area contributed by atoms with Crippen LogP contribution < -0.4 is 10.9 Å². The smallest absolute Gasteiger partial charge is 0.300 e. The van der Waals surface area contributed by atoms with Crippen molar-refractivity contribution in [3.05, 3.63) is 81.4 Å². The van der Waals surface area contributed by atoms with Gasteiger partial charge in [0.05, 0.1) is 32.1 Å². The molecule has 9 heteroatoms. The third kappa shape index (κ3) is 4.32. The molecule has 2 heterocycles. The molecule has 2 aromatic heterocycles. The number of nitrogens with zero attached hydrogens (tertiary/aromatic N) is 4. The fourth-order valence-corrected chi connectivity index (χ4v) is 3.57. The zero-order valence-electron chi connectivity index (χ0n) is 16.9. The van der Waals surface area contributed by atoms with Gasteiger partial charge < -0.3 is 20.1 Å². The molecule has 0 fully saturated rings. The molecule has 31 heavy (non-hydrogen) atoms. The van der Waals surface area contributed by atoms with Gasteiger partial charge in [0, 0.05) is 10.7 Å². The minimum Gasteiger partial charge on any atom is -0.394 e. The molecule has 0 saturated heterocycles. The van der Waals surface area contributed by atoms with Crippen LogP contribution in [0.3, 0.4) is 0 Å². The molecule has 1 atom stereocenters. The Kier molecular flexibility index (Phi) is 6.03. The lowest BCUT2D eigenvalue weighted by molar-refractivity contribution is 0.0820. The van der Waals surface area contributed by atoms with Crippen LogP contribution in [0.1, 0.15) is 11.1 Å². The Morgan fingerprint density at radius 3 is 2.68 bits per heavy atom. The Labute approximate surface area is 183 Å². The van der Waals surface area contributed by atoms with E-state index in [1.807, 2.05) is 54.0 Å². The molecular weight excluding hydrogens is 418 g/mol. The number of halogens is 1. The van der Waals surface area contributed by atoms with E-state index in [0.29, 0.717) is 23.2 Å². The summed E-state index contributed by atoms with van der Waals surface area (Å²) in [6.45, 7) is 1.92. The van der Waals surface area contributed by atoms with Gasteiger partial charge in [-0.1, -0.05) is 48.0 Å². The van der Waals surface area contributed by atoms with Gasteiger partial charge in [-0.15, -0.1) is 0 Å². The van der Waals surface area contributed by atoms with Crippen molar-refractivity contribution < 1.29 is 10.2 Å². The van der Waals surface area contributed by atoms with E-state index in [-0.39, 0.29) is 12.1 Å². The van der Waals surface area contributed by atoms with E-state index < -0.39 is 18.3 Å². The van der Waals surface area contributed by atoms with E-state index in [4.69, 9.17) is 11.6 Å². The number of aliphatic hydroxyl groups excluding tert-OH is 2. The first-order valence-corrected chi connectivity index (χ1v) is 10.2. The second kappa shape index (κ2) is 8.89. The fraction of sp³-hybridized carbons (Fsp3) is 0.227. The van der Waals surface area contributed by atoms with Crippen molar-refractivity contribution in [2.24, 2.45) is 0 Å². The fourth-order valence-electron chi connectivity index (χ4n) is 3.40. The minimum absolute atomic E-state index is 0.0371. The minimum atomic E-state index is -1.01. The number of imidazole rings is 1. The number of benzene rings is 2. The van der Waals surface area contributed by atoms with E-state index in [1.54, 1.807) is 6.07 Å². The number of hydrogen-bond donors (Lipinski definition) is 3. The van der Waals surface area contributed by atoms with E-state index in [2.05, 4.69) is 15.3 Å². The van der Waals surface area contributed by atoms with Gasteiger partial charge in [0.1, 0.15) is 0 Å². The summed E-state index contributed by atoms with van der Waals surface area (Å²) in [6.07, 6.45) is 0.467. The standard InChI is InChI=1S/C22H22ClN5O3/c1-14-17(23)8-5-9-18(14)25-22-26-21(31)19-20(24-13-27(19)11-16(30)12-29)28(22)10-15-6-3-2-4-7-15/h2-9,13,16,29-30H,10-12H2,1H3,(H,25,26,31). The summed E-state index contributed by atoms with van der Waals surface area (Å²) in [4.78, 5) is 21.6. The van der Waals surface area contributed by atoms with Gasteiger partial charge >= 0.3 is 5.56 Å². The summed E-state index contributed by atoms with van der Waals surface area (Å²) < 4.78 is 3.33. The summed E-state index contributed by atoms with van der Waals surface area (Å²) in [5.41, 5.74) is 2.78. The zero-order valence-corrected chi connectivity index (χ0v) is 17.6. The third-order valence-corrected chi connectivity index (χ3v) is 5.47. The zero-order chi connectivity index (χ0) is 22.0. The number of nitrogens with one attached hydrogen (secondary N) is 1. The molecule has 0 aliphatic rings. The maximum atomic E-state index is 12.9. The molecule has 0 aliphatic carbocycles. The topological polar surface area (TPSA) is 105 Å². The van der Waals surface area contributed by atoms with Crippen LogP contribution in [0, 0.1) is 6.92 Å². The van der Waals surface area contributed by atoms with Gasteiger partial charge in [0.2, 0.25) is 5.95 Å². The molecule has 0 aliphatic heterocycles. The SMILES string of the molecule is Cc1c(Cl)cccc1Nc1nc(=O)c2c(ncn2CC(O)CO)n1Cc1ccccc1. The number of aromatic nitrogens is 4. The Hall–Kier alpha value is -3.20. The summed E-state index contributed by atoms with van der Waals surface area (Å²) >= 11 is 6.25. The average Bonchev–Trinajstić information content (AvgIpc) is 3.19. The van der Waals surface area contributed by atoms with Crippen molar-refractivity contribution >= 4 is 34.4 Å². The monoisotopic (exact) mass is 439 g/mol. The van der Waals surface area contributed by atoms with E-state index in [1.165, 1.54) is 10.9 Å². The van der Waals surface area contributed by atoms with Crippen molar-refractivity contribution in [1.82, 2.24) is 19.1 Å². The summed E-state index contributed by atoms with van der Waals surface area (Å²) in [6, 6.07) is 15.2. The number of anilines is 2. The molecule has 160 valence electrons. The van der Waals surface area contributed by atoms with Crippen molar-refractivity contribution in [2.75, 3.05) is 11.9 Å². The summed E-state index contributed by atoms with van der Waals surface area (Å²) in [7, 11) is 0. The highest BCUT2D eigenvalue weighted by molar-refractivity contribution is 6.31. The van der Waals surface area contributed by atoms with Crippen LogP contribution in [-0.2, 0) is 13.1 Å². The number of fused-ring (bicyclic) bond motifs is 1. The Morgan fingerprint density at radius 2 is 1.94 bits per heavy atom. The molecule has 0 amide bonds. The number of hydrogen-bond acceptors (Lipinski definition) is 6. The van der Waals surface area contributed by atoms with Crippen molar-refractivity contribution in [3.8, 4) is 0 Å². The highest BCUT2D eigenvalue weighted by Gasteiger charge is 2.18. The lowest BCUT2D eigenvalue weighted by Crippen LogP contribution is -2.24. The second-order valence-corrected chi connectivity index (χ2v) is 7.66. The highest BCUT2D eigenvalue weighted by Crippen LogP contribution is 2.26.